The van der Waals surface area contributed by atoms with Crippen molar-refractivity contribution in [2.75, 3.05) is 0 Å². The van der Waals surface area contributed by atoms with Gasteiger partial charge in [0.15, 0.2) is 5.82 Å². The van der Waals surface area contributed by atoms with Gasteiger partial charge in [-0.15, -0.1) is 0 Å². The van der Waals surface area contributed by atoms with Crippen molar-refractivity contribution in [2.45, 2.75) is 13.8 Å². The Morgan fingerprint density at radius 1 is 1.22 bits per heavy atom. The SMILES string of the molecule is Cc1ccc(/C=N\n2c(-c3cccc(F)c3)n[nH]c2=S)c(C)c1. The molecular formula is C17H15FN4S. The van der Waals surface area contributed by atoms with E-state index < -0.39 is 0 Å². The maximum absolute atomic E-state index is 13.4. The lowest BCUT2D eigenvalue weighted by Crippen LogP contribution is -1.96. The maximum atomic E-state index is 13.4. The topological polar surface area (TPSA) is 46.0 Å². The second kappa shape index (κ2) is 6.26. The van der Waals surface area contributed by atoms with Gasteiger partial charge in [0.1, 0.15) is 5.82 Å². The molecule has 0 aliphatic rings. The van der Waals surface area contributed by atoms with Gasteiger partial charge in [0.25, 0.3) is 0 Å². The van der Waals surface area contributed by atoms with Crippen molar-refractivity contribution in [3.8, 4) is 11.4 Å². The van der Waals surface area contributed by atoms with E-state index >= 15 is 0 Å². The summed E-state index contributed by atoms with van der Waals surface area (Å²) in [7, 11) is 0. The Hall–Kier alpha value is -2.60. The van der Waals surface area contributed by atoms with E-state index in [2.05, 4.69) is 21.4 Å². The predicted molar refractivity (Wildman–Crippen MR) is 91.7 cm³/mol. The van der Waals surface area contributed by atoms with Crippen molar-refractivity contribution in [1.82, 2.24) is 14.9 Å². The number of hydrogen-bond acceptors (Lipinski definition) is 3. The summed E-state index contributed by atoms with van der Waals surface area (Å²) in [6, 6.07) is 12.3. The van der Waals surface area contributed by atoms with Gasteiger partial charge in [-0.1, -0.05) is 35.9 Å². The zero-order valence-corrected chi connectivity index (χ0v) is 13.6. The van der Waals surface area contributed by atoms with E-state index in [-0.39, 0.29) is 5.82 Å². The second-order valence-corrected chi connectivity index (χ2v) is 5.67. The summed E-state index contributed by atoms with van der Waals surface area (Å²) >= 11 is 5.21. The third-order valence-corrected chi connectivity index (χ3v) is 3.74. The summed E-state index contributed by atoms with van der Waals surface area (Å²) in [4.78, 5) is 0. The molecule has 3 rings (SSSR count). The number of hydrogen-bond donors (Lipinski definition) is 1. The Labute approximate surface area is 138 Å². The van der Waals surface area contributed by atoms with Crippen LogP contribution in [-0.2, 0) is 0 Å². The Balaban J connectivity index is 2.02. The van der Waals surface area contributed by atoms with Gasteiger partial charge >= 0.3 is 0 Å². The molecular weight excluding hydrogens is 311 g/mol. The molecule has 1 heterocycles. The quantitative estimate of drug-likeness (QED) is 0.578. The third-order valence-electron chi connectivity index (χ3n) is 3.47. The molecule has 0 radical (unpaired) electrons. The third kappa shape index (κ3) is 3.27. The van der Waals surface area contributed by atoms with E-state index in [4.69, 9.17) is 12.2 Å². The number of nitrogens with one attached hydrogen (secondary N) is 1. The van der Waals surface area contributed by atoms with Crippen LogP contribution in [0, 0.1) is 24.4 Å². The Bertz CT molecular complexity index is 940. The molecule has 0 fully saturated rings. The van der Waals surface area contributed by atoms with Crippen LogP contribution in [0.5, 0.6) is 0 Å². The molecule has 0 spiro atoms. The molecule has 1 N–H and O–H groups in total. The molecule has 0 saturated carbocycles. The highest BCUT2D eigenvalue weighted by atomic mass is 32.1. The van der Waals surface area contributed by atoms with E-state index in [9.17, 15) is 4.39 Å². The summed E-state index contributed by atoms with van der Waals surface area (Å²) in [6.07, 6.45) is 1.73. The molecule has 1 aromatic heterocycles. The molecule has 3 aromatic rings. The molecule has 4 nitrogen and oxygen atoms in total. The molecule has 0 bridgehead atoms. The van der Waals surface area contributed by atoms with Crippen LogP contribution in [0.25, 0.3) is 11.4 Å². The first kappa shape index (κ1) is 15.3. The lowest BCUT2D eigenvalue weighted by Gasteiger charge is -2.03. The summed E-state index contributed by atoms with van der Waals surface area (Å²) < 4.78 is 15.3. The van der Waals surface area contributed by atoms with Crippen LogP contribution in [0.1, 0.15) is 16.7 Å². The predicted octanol–water partition coefficient (Wildman–Crippen LogP) is 4.25. The highest BCUT2D eigenvalue weighted by molar-refractivity contribution is 7.71. The molecule has 0 atom stereocenters. The molecule has 0 aliphatic carbocycles. The smallest absolute Gasteiger partial charge is 0.216 e. The number of nitrogens with zero attached hydrogens (tertiary/aromatic N) is 3. The van der Waals surface area contributed by atoms with Crippen LogP contribution >= 0.6 is 12.2 Å². The summed E-state index contributed by atoms with van der Waals surface area (Å²) in [5.41, 5.74) is 3.91. The van der Waals surface area contributed by atoms with Gasteiger partial charge in [-0.25, -0.2) is 9.49 Å². The maximum Gasteiger partial charge on any atom is 0.216 e. The standard InChI is InChI=1S/C17H15FN4S/c1-11-6-7-14(12(2)8-11)10-19-22-16(20-21-17(22)23)13-4-3-5-15(18)9-13/h3-10H,1-2H3,(H,21,23)/b19-10-. The Morgan fingerprint density at radius 3 is 2.78 bits per heavy atom. The number of aryl methyl sites for hydroxylation is 2. The van der Waals surface area contributed by atoms with E-state index in [0.717, 1.165) is 11.1 Å². The monoisotopic (exact) mass is 326 g/mol. The first-order valence-electron chi connectivity index (χ1n) is 7.09. The van der Waals surface area contributed by atoms with E-state index in [0.29, 0.717) is 16.2 Å². The van der Waals surface area contributed by atoms with Gasteiger partial charge < -0.3 is 0 Å². The molecule has 2 aromatic carbocycles. The lowest BCUT2D eigenvalue weighted by molar-refractivity contribution is 0.628. The van der Waals surface area contributed by atoms with Crippen LogP contribution in [0.3, 0.4) is 0 Å². The number of aromatic amines is 1. The zero-order valence-electron chi connectivity index (χ0n) is 12.7. The Morgan fingerprint density at radius 2 is 2.04 bits per heavy atom. The molecule has 0 amide bonds. The van der Waals surface area contributed by atoms with Gasteiger partial charge in [-0.05, 0) is 49.3 Å². The number of H-pyrrole nitrogens is 1. The van der Waals surface area contributed by atoms with Gasteiger partial charge in [0.05, 0.1) is 6.21 Å². The van der Waals surface area contributed by atoms with Crippen molar-refractivity contribution in [2.24, 2.45) is 5.10 Å². The van der Waals surface area contributed by atoms with Gasteiger partial charge in [-0.3, -0.25) is 0 Å². The van der Waals surface area contributed by atoms with Gasteiger partial charge in [0.2, 0.25) is 4.77 Å². The number of aromatic nitrogens is 3. The first-order chi connectivity index (χ1) is 11.0. The molecule has 0 unspecified atom stereocenters. The normalized spacial score (nSPS) is 11.3. The minimum Gasteiger partial charge on any atom is -0.250 e. The van der Waals surface area contributed by atoms with Crippen molar-refractivity contribution in [3.05, 3.63) is 69.7 Å². The summed E-state index contributed by atoms with van der Waals surface area (Å²) in [5.74, 6) is 0.136. The van der Waals surface area contributed by atoms with E-state index in [1.165, 1.54) is 22.4 Å². The summed E-state index contributed by atoms with van der Waals surface area (Å²) in [5, 5.41) is 11.2. The van der Waals surface area contributed by atoms with Crippen LogP contribution in [-0.4, -0.2) is 21.1 Å². The average molecular weight is 326 g/mol. The minimum atomic E-state index is -0.332. The fourth-order valence-electron chi connectivity index (χ4n) is 2.30. The number of rotatable bonds is 3. The summed E-state index contributed by atoms with van der Waals surface area (Å²) in [6.45, 7) is 4.07. The highest BCUT2D eigenvalue weighted by Gasteiger charge is 2.08. The Kier molecular flexibility index (Phi) is 4.16. The van der Waals surface area contributed by atoms with Crippen molar-refractivity contribution < 1.29 is 4.39 Å². The second-order valence-electron chi connectivity index (χ2n) is 5.28. The molecule has 6 heteroatoms. The fraction of sp³-hybridized carbons (Fsp3) is 0.118. The highest BCUT2D eigenvalue weighted by Crippen LogP contribution is 2.18. The van der Waals surface area contributed by atoms with Gasteiger partial charge in [-0.2, -0.15) is 14.9 Å². The van der Waals surface area contributed by atoms with Crippen LogP contribution in [0.4, 0.5) is 4.39 Å². The average Bonchev–Trinajstić information content (AvgIpc) is 2.87. The van der Waals surface area contributed by atoms with Crippen molar-refractivity contribution >= 4 is 18.4 Å². The molecule has 0 saturated heterocycles. The number of halogens is 1. The van der Waals surface area contributed by atoms with Gasteiger partial charge in [0, 0.05) is 5.56 Å². The van der Waals surface area contributed by atoms with E-state index in [1.807, 2.05) is 26.0 Å². The minimum absolute atomic E-state index is 0.332. The zero-order chi connectivity index (χ0) is 16.4. The fourth-order valence-corrected chi connectivity index (χ4v) is 2.48. The molecule has 0 aliphatic heterocycles. The van der Waals surface area contributed by atoms with Crippen molar-refractivity contribution in [3.63, 3.8) is 0 Å². The number of benzene rings is 2. The van der Waals surface area contributed by atoms with Crippen LogP contribution in [0.15, 0.2) is 47.6 Å². The van der Waals surface area contributed by atoms with Crippen molar-refractivity contribution in [1.29, 1.82) is 0 Å². The van der Waals surface area contributed by atoms with Crippen LogP contribution < -0.4 is 0 Å². The molecule has 116 valence electrons. The van der Waals surface area contributed by atoms with Crippen LogP contribution in [0.2, 0.25) is 0 Å². The van der Waals surface area contributed by atoms with E-state index in [1.54, 1.807) is 18.3 Å². The molecule has 23 heavy (non-hydrogen) atoms. The first-order valence-corrected chi connectivity index (χ1v) is 7.50. The lowest BCUT2D eigenvalue weighted by atomic mass is 10.1. The largest absolute Gasteiger partial charge is 0.250 e.